The van der Waals surface area contributed by atoms with E-state index < -0.39 is 24.5 Å². The first kappa shape index (κ1) is 26.0. The molecule has 9 heteroatoms. The quantitative estimate of drug-likeness (QED) is 0.445. The van der Waals surface area contributed by atoms with Gasteiger partial charge in [-0.05, 0) is 17.7 Å². The van der Waals surface area contributed by atoms with Crippen LogP contribution in [0.15, 0.2) is 60.7 Å². The first-order valence-corrected chi connectivity index (χ1v) is 11.6. The Morgan fingerprint density at radius 2 is 1.71 bits per heavy atom. The second-order valence-corrected chi connectivity index (χ2v) is 9.51. The van der Waals surface area contributed by atoms with E-state index in [9.17, 15) is 14.4 Å². The van der Waals surface area contributed by atoms with E-state index in [2.05, 4.69) is 15.7 Å². The number of nitrogens with zero attached hydrogens (tertiary/aromatic N) is 2. The zero-order valence-corrected chi connectivity index (χ0v) is 20.9. The Hall–Kier alpha value is -3.65. The molecule has 0 saturated carbocycles. The van der Waals surface area contributed by atoms with Crippen LogP contribution in [-0.2, 0) is 24.5 Å². The summed E-state index contributed by atoms with van der Waals surface area (Å²) in [6.07, 6.45) is -0.109. The number of amides is 2. The van der Waals surface area contributed by atoms with E-state index >= 15 is 0 Å². The molecule has 2 amide bonds. The van der Waals surface area contributed by atoms with E-state index in [0.717, 1.165) is 11.3 Å². The van der Waals surface area contributed by atoms with E-state index in [-0.39, 0.29) is 17.7 Å². The van der Waals surface area contributed by atoms with Gasteiger partial charge in [0.25, 0.3) is 5.91 Å². The maximum Gasteiger partial charge on any atom is 0.308 e. The Labute approximate surface area is 209 Å². The number of anilines is 1. The van der Waals surface area contributed by atoms with Gasteiger partial charge in [-0.15, -0.1) is 0 Å². The Balaban J connectivity index is 1.69. The van der Waals surface area contributed by atoms with Crippen molar-refractivity contribution in [3.63, 3.8) is 0 Å². The largest absolute Gasteiger partial charge is 0.455 e. The molecule has 0 saturated heterocycles. The Morgan fingerprint density at radius 3 is 2.34 bits per heavy atom. The van der Waals surface area contributed by atoms with Gasteiger partial charge < -0.3 is 15.4 Å². The van der Waals surface area contributed by atoms with Crippen LogP contribution < -0.4 is 10.6 Å². The number of halogens is 1. The number of hydrogen-bond acceptors (Lipinski definition) is 5. The third-order valence-electron chi connectivity index (χ3n) is 5.14. The van der Waals surface area contributed by atoms with Gasteiger partial charge in [0.1, 0.15) is 5.82 Å². The van der Waals surface area contributed by atoms with Crippen LogP contribution in [0, 0.1) is 0 Å². The number of para-hydroxylation sites is 1. The van der Waals surface area contributed by atoms with Gasteiger partial charge in [-0.25, -0.2) is 4.68 Å². The average molecular weight is 497 g/mol. The summed E-state index contributed by atoms with van der Waals surface area (Å²) in [6, 6.07) is 17.5. The molecule has 1 heterocycles. The standard InChI is InChI=1S/C26H29ClN4O4/c1-17(32)28-20(18-10-6-5-7-11-18)14-25(34)35-16-24(33)29-23-15-22(26(2,3)4)30-31(23)21-13-9-8-12-19(21)27/h5-13,15,20H,14,16H2,1-4H3,(H,28,32)(H,29,33). The van der Waals surface area contributed by atoms with Gasteiger partial charge in [0.15, 0.2) is 6.61 Å². The second kappa shape index (κ2) is 11.2. The van der Waals surface area contributed by atoms with Crippen molar-refractivity contribution >= 4 is 35.2 Å². The van der Waals surface area contributed by atoms with Crippen LogP contribution in [-0.4, -0.2) is 34.2 Å². The Morgan fingerprint density at radius 1 is 1.06 bits per heavy atom. The normalized spacial score (nSPS) is 12.0. The van der Waals surface area contributed by atoms with Gasteiger partial charge in [-0.2, -0.15) is 5.10 Å². The maximum absolute atomic E-state index is 12.6. The number of benzene rings is 2. The zero-order valence-electron chi connectivity index (χ0n) is 20.2. The number of carbonyl (C=O) groups excluding carboxylic acids is 3. The second-order valence-electron chi connectivity index (χ2n) is 9.10. The fourth-order valence-electron chi connectivity index (χ4n) is 3.38. The fourth-order valence-corrected chi connectivity index (χ4v) is 3.59. The lowest BCUT2D eigenvalue weighted by Gasteiger charge is -2.17. The molecule has 0 radical (unpaired) electrons. The van der Waals surface area contributed by atoms with Gasteiger partial charge in [0, 0.05) is 18.4 Å². The first-order valence-electron chi connectivity index (χ1n) is 11.2. The minimum atomic E-state index is -0.613. The lowest BCUT2D eigenvalue weighted by Crippen LogP contribution is -2.29. The molecule has 0 fully saturated rings. The van der Waals surface area contributed by atoms with Gasteiger partial charge in [0.05, 0.1) is 28.9 Å². The molecule has 2 aromatic carbocycles. The van der Waals surface area contributed by atoms with Crippen molar-refractivity contribution in [2.75, 3.05) is 11.9 Å². The number of nitrogens with one attached hydrogen (secondary N) is 2. The lowest BCUT2D eigenvalue weighted by atomic mass is 9.92. The summed E-state index contributed by atoms with van der Waals surface area (Å²) in [5.74, 6) is -1.00. The van der Waals surface area contributed by atoms with Crippen molar-refractivity contribution in [3.05, 3.63) is 76.9 Å². The van der Waals surface area contributed by atoms with Gasteiger partial charge in [0.2, 0.25) is 5.91 Å². The average Bonchev–Trinajstić information content (AvgIpc) is 3.22. The van der Waals surface area contributed by atoms with E-state index in [1.165, 1.54) is 6.92 Å². The molecule has 0 aliphatic carbocycles. The van der Waals surface area contributed by atoms with E-state index in [0.29, 0.717) is 16.5 Å². The van der Waals surface area contributed by atoms with Crippen molar-refractivity contribution in [2.45, 2.75) is 45.6 Å². The highest BCUT2D eigenvalue weighted by Crippen LogP contribution is 2.29. The predicted molar refractivity (Wildman–Crippen MR) is 134 cm³/mol. The third-order valence-corrected chi connectivity index (χ3v) is 5.46. The summed E-state index contributed by atoms with van der Waals surface area (Å²) in [4.78, 5) is 36.7. The molecular weight excluding hydrogens is 468 g/mol. The predicted octanol–water partition coefficient (Wildman–Crippen LogP) is 4.57. The summed E-state index contributed by atoms with van der Waals surface area (Å²) < 4.78 is 6.76. The third kappa shape index (κ3) is 7.16. The molecular formula is C26H29ClN4O4. The number of rotatable bonds is 8. The topological polar surface area (TPSA) is 102 Å². The fraction of sp³-hybridized carbons (Fsp3) is 0.308. The number of esters is 1. The molecule has 8 nitrogen and oxygen atoms in total. The van der Waals surface area contributed by atoms with E-state index in [1.54, 1.807) is 28.9 Å². The number of carbonyl (C=O) groups is 3. The van der Waals surface area contributed by atoms with Crippen molar-refractivity contribution < 1.29 is 19.1 Å². The van der Waals surface area contributed by atoms with Crippen LogP contribution in [0.1, 0.15) is 51.4 Å². The highest BCUT2D eigenvalue weighted by atomic mass is 35.5. The molecule has 0 aliphatic rings. The number of hydrogen-bond donors (Lipinski definition) is 2. The molecule has 2 N–H and O–H groups in total. The van der Waals surface area contributed by atoms with Crippen LogP contribution in [0.5, 0.6) is 0 Å². The summed E-state index contributed by atoms with van der Waals surface area (Å²) in [5, 5.41) is 10.6. The molecule has 3 aromatic rings. The lowest BCUT2D eigenvalue weighted by molar-refractivity contribution is -0.148. The summed E-state index contributed by atoms with van der Waals surface area (Å²) in [7, 11) is 0. The Kier molecular flexibility index (Phi) is 8.30. The molecule has 3 rings (SSSR count). The SMILES string of the molecule is CC(=O)NC(CC(=O)OCC(=O)Nc1cc(C(C)(C)C)nn1-c1ccccc1Cl)c1ccccc1. The van der Waals surface area contributed by atoms with Gasteiger partial charge in [-0.3, -0.25) is 14.4 Å². The molecule has 1 atom stereocenters. The minimum absolute atomic E-state index is 0.109. The van der Waals surface area contributed by atoms with E-state index in [4.69, 9.17) is 16.3 Å². The van der Waals surface area contributed by atoms with Gasteiger partial charge in [-0.1, -0.05) is 74.8 Å². The first-order chi connectivity index (χ1) is 16.5. The smallest absolute Gasteiger partial charge is 0.308 e. The number of aromatic nitrogens is 2. The summed E-state index contributed by atoms with van der Waals surface area (Å²) in [6.45, 7) is 6.93. The molecule has 0 aliphatic heterocycles. The summed E-state index contributed by atoms with van der Waals surface area (Å²) in [5.41, 5.74) is 1.86. The van der Waals surface area contributed by atoms with Crippen LogP contribution in [0.3, 0.4) is 0 Å². The van der Waals surface area contributed by atoms with Crippen molar-refractivity contribution in [3.8, 4) is 5.69 Å². The van der Waals surface area contributed by atoms with Crippen LogP contribution >= 0.6 is 11.6 Å². The van der Waals surface area contributed by atoms with Crippen molar-refractivity contribution in [1.29, 1.82) is 0 Å². The van der Waals surface area contributed by atoms with Crippen LogP contribution in [0.25, 0.3) is 5.69 Å². The van der Waals surface area contributed by atoms with E-state index in [1.807, 2.05) is 57.2 Å². The molecule has 1 aromatic heterocycles. The van der Waals surface area contributed by atoms with Crippen LogP contribution in [0.4, 0.5) is 5.82 Å². The highest BCUT2D eigenvalue weighted by Gasteiger charge is 2.23. The molecule has 1 unspecified atom stereocenters. The molecule has 35 heavy (non-hydrogen) atoms. The van der Waals surface area contributed by atoms with Crippen LogP contribution in [0.2, 0.25) is 5.02 Å². The van der Waals surface area contributed by atoms with Crippen molar-refractivity contribution in [1.82, 2.24) is 15.1 Å². The van der Waals surface area contributed by atoms with Crippen molar-refractivity contribution in [2.24, 2.45) is 0 Å². The zero-order chi connectivity index (χ0) is 25.6. The highest BCUT2D eigenvalue weighted by molar-refractivity contribution is 6.32. The Bertz CT molecular complexity index is 1200. The minimum Gasteiger partial charge on any atom is -0.455 e. The molecule has 0 bridgehead atoms. The molecule has 0 spiro atoms. The maximum atomic E-state index is 12.6. The van der Waals surface area contributed by atoms with Gasteiger partial charge >= 0.3 is 5.97 Å². The summed E-state index contributed by atoms with van der Waals surface area (Å²) >= 11 is 6.36. The monoisotopic (exact) mass is 496 g/mol. The number of ether oxygens (including phenoxy) is 1. The molecule has 184 valence electrons.